The summed E-state index contributed by atoms with van der Waals surface area (Å²) in [5.74, 6) is 1.23. The molecular weight excluding hydrogens is 210 g/mol. The highest BCUT2D eigenvalue weighted by Crippen LogP contribution is 2.08. The maximum Gasteiger partial charge on any atom is 0.252 e. The van der Waals surface area contributed by atoms with E-state index in [4.69, 9.17) is 0 Å². The first-order valence-electron chi connectivity index (χ1n) is 4.57. The van der Waals surface area contributed by atoms with E-state index in [1.54, 1.807) is 18.3 Å². The van der Waals surface area contributed by atoms with Crippen molar-refractivity contribution in [1.82, 2.24) is 9.97 Å². The molecule has 2 aromatic rings. The molecular formula is C10H11N3OS. The molecule has 0 bridgehead atoms. The zero-order valence-electron chi connectivity index (χ0n) is 8.28. The molecule has 0 spiro atoms. The number of H-pyrrole nitrogens is 1. The first-order chi connectivity index (χ1) is 7.24. The number of aryl methyl sites for hydroxylation is 1. The Bertz CT molecular complexity index is 490. The molecule has 0 unspecified atom stereocenters. The van der Waals surface area contributed by atoms with Crippen LogP contribution in [0, 0.1) is 6.92 Å². The Labute approximate surface area is 91.0 Å². The Kier molecular flexibility index (Phi) is 2.82. The van der Waals surface area contributed by atoms with Gasteiger partial charge in [-0.3, -0.25) is 4.79 Å². The van der Waals surface area contributed by atoms with Crippen molar-refractivity contribution < 1.29 is 0 Å². The summed E-state index contributed by atoms with van der Waals surface area (Å²) in [7, 11) is 0. The molecule has 2 rings (SSSR count). The monoisotopic (exact) mass is 221 g/mol. The van der Waals surface area contributed by atoms with Gasteiger partial charge in [0.05, 0.1) is 0 Å². The number of nitrogens with zero attached hydrogens (tertiary/aromatic N) is 1. The zero-order chi connectivity index (χ0) is 10.7. The Morgan fingerprint density at radius 1 is 1.60 bits per heavy atom. The van der Waals surface area contributed by atoms with Gasteiger partial charge in [-0.05, 0) is 29.3 Å². The van der Waals surface area contributed by atoms with Gasteiger partial charge in [-0.2, -0.15) is 11.3 Å². The zero-order valence-corrected chi connectivity index (χ0v) is 9.10. The SMILES string of the molecule is Cc1nc(NCc2ccsc2)cc(=O)[nH]1. The predicted octanol–water partition coefficient (Wildman–Crippen LogP) is 1.75. The topological polar surface area (TPSA) is 57.8 Å². The Hall–Kier alpha value is -1.62. The van der Waals surface area contributed by atoms with Crippen LogP contribution < -0.4 is 10.9 Å². The summed E-state index contributed by atoms with van der Waals surface area (Å²) >= 11 is 1.65. The maximum atomic E-state index is 11.1. The number of aromatic amines is 1. The number of rotatable bonds is 3. The van der Waals surface area contributed by atoms with E-state index in [1.807, 2.05) is 11.4 Å². The van der Waals surface area contributed by atoms with Gasteiger partial charge in [-0.15, -0.1) is 0 Å². The van der Waals surface area contributed by atoms with E-state index in [-0.39, 0.29) is 5.56 Å². The molecule has 4 nitrogen and oxygen atoms in total. The molecule has 0 aliphatic heterocycles. The Morgan fingerprint density at radius 3 is 3.13 bits per heavy atom. The molecule has 0 atom stereocenters. The average Bonchev–Trinajstić information content (AvgIpc) is 2.65. The van der Waals surface area contributed by atoms with Crippen molar-refractivity contribution >= 4 is 17.2 Å². The summed E-state index contributed by atoms with van der Waals surface area (Å²) in [6.45, 7) is 2.45. The number of hydrogen-bond donors (Lipinski definition) is 2. The third kappa shape index (κ3) is 2.66. The van der Waals surface area contributed by atoms with E-state index < -0.39 is 0 Å². The van der Waals surface area contributed by atoms with E-state index in [1.165, 1.54) is 11.6 Å². The van der Waals surface area contributed by atoms with Crippen LogP contribution in [0.15, 0.2) is 27.7 Å². The summed E-state index contributed by atoms with van der Waals surface area (Å²) in [5.41, 5.74) is 1.06. The van der Waals surface area contributed by atoms with Gasteiger partial charge in [-0.25, -0.2) is 4.98 Å². The lowest BCUT2D eigenvalue weighted by molar-refractivity contribution is 0.999. The van der Waals surface area contributed by atoms with Crippen LogP contribution in [0.3, 0.4) is 0 Å². The molecule has 0 saturated heterocycles. The smallest absolute Gasteiger partial charge is 0.252 e. The largest absolute Gasteiger partial charge is 0.366 e. The fourth-order valence-electron chi connectivity index (χ4n) is 1.26. The van der Waals surface area contributed by atoms with E-state index in [9.17, 15) is 4.79 Å². The van der Waals surface area contributed by atoms with E-state index >= 15 is 0 Å². The molecule has 2 aromatic heterocycles. The third-order valence-corrected chi connectivity index (χ3v) is 2.65. The quantitative estimate of drug-likeness (QED) is 0.830. The average molecular weight is 221 g/mol. The normalized spacial score (nSPS) is 10.2. The Morgan fingerprint density at radius 2 is 2.47 bits per heavy atom. The van der Waals surface area contributed by atoms with Crippen LogP contribution in [0.25, 0.3) is 0 Å². The second-order valence-corrected chi connectivity index (χ2v) is 3.98. The van der Waals surface area contributed by atoms with Crippen molar-refractivity contribution in [3.63, 3.8) is 0 Å². The molecule has 0 radical (unpaired) electrons. The second-order valence-electron chi connectivity index (χ2n) is 3.20. The van der Waals surface area contributed by atoms with Crippen LogP contribution in [-0.2, 0) is 6.54 Å². The van der Waals surface area contributed by atoms with E-state index in [0.717, 1.165) is 0 Å². The number of anilines is 1. The highest BCUT2D eigenvalue weighted by Gasteiger charge is 1.98. The highest BCUT2D eigenvalue weighted by atomic mass is 32.1. The van der Waals surface area contributed by atoms with Gasteiger partial charge < -0.3 is 10.3 Å². The minimum absolute atomic E-state index is 0.129. The lowest BCUT2D eigenvalue weighted by Gasteiger charge is -2.03. The van der Waals surface area contributed by atoms with Crippen LogP contribution >= 0.6 is 11.3 Å². The molecule has 2 N–H and O–H groups in total. The number of nitrogens with one attached hydrogen (secondary N) is 2. The molecule has 0 aromatic carbocycles. The number of hydrogen-bond acceptors (Lipinski definition) is 4. The first kappa shape index (κ1) is 9.92. The predicted molar refractivity (Wildman–Crippen MR) is 61.2 cm³/mol. The fourth-order valence-corrected chi connectivity index (χ4v) is 1.92. The lowest BCUT2D eigenvalue weighted by Crippen LogP contribution is -2.11. The second kappa shape index (κ2) is 4.27. The van der Waals surface area contributed by atoms with Gasteiger partial charge in [0.2, 0.25) is 0 Å². The van der Waals surface area contributed by atoms with E-state index in [0.29, 0.717) is 18.2 Å². The molecule has 15 heavy (non-hydrogen) atoms. The van der Waals surface area contributed by atoms with Gasteiger partial charge in [0.25, 0.3) is 5.56 Å². The van der Waals surface area contributed by atoms with Crippen LogP contribution in [0.2, 0.25) is 0 Å². The van der Waals surface area contributed by atoms with Crippen LogP contribution in [-0.4, -0.2) is 9.97 Å². The number of aromatic nitrogens is 2. The van der Waals surface area contributed by atoms with Crippen molar-refractivity contribution in [2.45, 2.75) is 13.5 Å². The van der Waals surface area contributed by atoms with E-state index in [2.05, 4.69) is 20.7 Å². The minimum Gasteiger partial charge on any atom is -0.366 e. The molecule has 78 valence electrons. The van der Waals surface area contributed by atoms with Gasteiger partial charge in [0, 0.05) is 12.6 Å². The number of thiophene rings is 1. The fraction of sp³-hybridized carbons (Fsp3) is 0.200. The van der Waals surface area contributed by atoms with Gasteiger partial charge >= 0.3 is 0 Å². The summed E-state index contributed by atoms with van der Waals surface area (Å²) in [6.07, 6.45) is 0. The van der Waals surface area contributed by atoms with Gasteiger partial charge in [-0.1, -0.05) is 0 Å². The summed E-state index contributed by atoms with van der Waals surface area (Å²) < 4.78 is 0. The van der Waals surface area contributed by atoms with Crippen LogP contribution in [0.4, 0.5) is 5.82 Å². The lowest BCUT2D eigenvalue weighted by atomic mass is 10.3. The summed E-state index contributed by atoms with van der Waals surface area (Å²) in [5, 5.41) is 7.19. The van der Waals surface area contributed by atoms with Gasteiger partial charge in [0.1, 0.15) is 11.6 Å². The minimum atomic E-state index is -0.129. The Balaban J connectivity index is 2.08. The van der Waals surface area contributed by atoms with Crippen molar-refractivity contribution in [1.29, 1.82) is 0 Å². The van der Waals surface area contributed by atoms with Crippen LogP contribution in [0.1, 0.15) is 11.4 Å². The van der Waals surface area contributed by atoms with Crippen molar-refractivity contribution in [2.75, 3.05) is 5.32 Å². The van der Waals surface area contributed by atoms with Crippen LogP contribution in [0.5, 0.6) is 0 Å². The standard InChI is InChI=1S/C10H11N3OS/c1-7-12-9(4-10(14)13-7)11-5-8-2-3-15-6-8/h2-4,6H,5H2,1H3,(H2,11,12,13,14). The molecule has 0 aliphatic rings. The molecule has 2 heterocycles. The molecule has 0 amide bonds. The molecule has 5 heteroatoms. The first-order valence-corrected chi connectivity index (χ1v) is 5.51. The van der Waals surface area contributed by atoms with Crippen molar-refractivity contribution in [3.05, 3.63) is 44.6 Å². The summed E-state index contributed by atoms with van der Waals surface area (Å²) in [6, 6.07) is 3.50. The molecule has 0 fully saturated rings. The van der Waals surface area contributed by atoms with Crippen molar-refractivity contribution in [2.24, 2.45) is 0 Å². The molecule has 0 aliphatic carbocycles. The van der Waals surface area contributed by atoms with Gasteiger partial charge in [0.15, 0.2) is 0 Å². The maximum absolute atomic E-state index is 11.1. The summed E-state index contributed by atoms with van der Waals surface area (Å²) in [4.78, 5) is 17.9. The third-order valence-electron chi connectivity index (χ3n) is 1.91. The molecule has 0 saturated carbocycles. The van der Waals surface area contributed by atoms with Crippen molar-refractivity contribution in [3.8, 4) is 0 Å². The highest BCUT2D eigenvalue weighted by molar-refractivity contribution is 7.07.